The Bertz CT molecular complexity index is 598. The van der Waals surface area contributed by atoms with Gasteiger partial charge in [-0.1, -0.05) is 17.7 Å². The van der Waals surface area contributed by atoms with Gasteiger partial charge in [-0.15, -0.1) is 11.3 Å². The summed E-state index contributed by atoms with van der Waals surface area (Å²) in [6.07, 6.45) is 0. The summed E-state index contributed by atoms with van der Waals surface area (Å²) >= 11 is 7.26. The van der Waals surface area contributed by atoms with Crippen molar-refractivity contribution in [2.45, 2.75) is 6.54 Å². The lowest BCUT2D eigenvalue weighted by Gasteiger charge is -2.09. The van der Waals surface area contributed by atoms with E-state index in [1.165, 1.54) is 18.4 Å². The molecule has 19 heavy (non-hydrogen) atoms. The molecule has 3 N–H and O–H groups in total. The highest BCUT2D eigenvalue weighted by Gasteiger charge is 2.12. The number of hydrogen-bond acceptors (Lipinski definition) is 4. The predicted molar refractivity (Wildman–Crippen MR) is 77.9 cm³/mol. The number of nitrogens with one attached hydrogen (secondary N) is 1. The van der Waals surface area contributed by atoms with E-state index in [2.05, 4.69) is 5.32 Å². The Kier molecular flexibility index (Phi) is 4.29. The highest BCUT2D eigenvalue weighted by Crippen LogP contribution is 2.25. The van der Waals surface area contributed by atoms with E-state index in [-0.39, 0.29) is 5.91 Å². The maximum absolute atomic E-state index is 12.0. The fraction of sp³-hybridized carbons (Fsp3) is 0.154. The molecule has 1 amide bonds. The first-order chi connectivity index (χ1) is 9.11. The number of thiophene rings is 1. The van der Waals surface area contributed by atoms with Crippen molar-refractivity contribution in [1.29, 1.82) is 0 Å². The smallest absolute Gasteiger partial charge is 0.253 e. The van der Waals surface area contributed by atoms with Crippen molar-refractivity contribution < 1.29 is 9.53 Å². The zero-order valence-electron chi connectivity index (χ0n) is 10.3. The molecule has 2 aromatic rings. The Morgan fingerprint density at radius 3 is 2.84 bits per heavy atom. The standard InChI is InChI=1S/C13H13ClN2O2S/c1-18-10-4-2-3-9(12(10)15)13(17)16-7-8-5-6-11(14)19-8/h2-6H,7,15H2,1H3,(H,16,17). The molecule has 0 saturated heterocycles. The molecule has 0 aliphatic rings. The molecule has 100 valence electrons. The van der Waals surface area contributed by atoms with Crippen molar-refractivity contribution in [3.05, 3.63) is 45.1 Å². The number of rotatable bonds is 4. The second kappa shape index (κ2) is 5.95. The van der Waals surface area contributed by atoms with Crippen LogP contribution in [0.15, 0.2) is 30.3 Å². The first kappa shape index (κ1) is 13.7. The van der Waals surface area contributed by atoms with Crippen molar-refractivity contribution in [1.82, 2.24) is 5.32 Å². The largest absolute Gasteiger partial charge is 0.495 e. The van der Waals surface area contributed by atoms with Gasteiger partial charge in [-0.25, -0.2) is 0 Å². The van der Waals surface area contributed by atoms with E-state index in [9.17, 15) is 4.79 Å². The summed E-state index contributed by atoms with van der Waals surface area (Å²) in [5.74, 6) is 0.257. The average molecular weight is 297 g/mol. The zero-order valence-corrected chi connectivity index (χ0v) is 11.8. The van der Waals surface area contributed by atoms with Crippen molar-refractivity contribution in [2.24, 2.45) is 0 Å². The molecule has 0 fully saturated rings. The molecule has 0 saturated carbocycles. The Balaban J connectivity index is 2.08. The molecule has 0 radical (unpaired) electrons. The Morgan fingerprint density at radius 2 is 2.21 bits per heavy atom. The van der Waals surface area contributed by atoms with Gasteiger partial charge in [0.15, 0.2) is 0 Å². The van der Waals surface area contributed by atoms with Gasteiger partial charge in [0, 0.05) is 4.88 Å². The van der Waals surface area contributed by atoms with E-state index in [0.29, 0.717) is 27.9 Å². The summed E-state index contributed by atoms with van der Waals surface area (Å²) in [6, 6.07) is 8.78. The molecular weight excluding hydrogens is 284 g/mol. The second-order valence-corrected chi connectivity index (χ2v) is 5.61. The third kappa shape index (κ3) is 3.19. The Hall–Kier alpha value is -1.72. The monoisotopic (exact) mass is 296 g/mol. The molecule has 0 aliphatic carbocycles. The van der Waals surface area contributed by atoms with Crippen LogP contribution in [0, 0.1) is 0 Å². The molecule has 0 spiro atoms. The van der Waals surface area contributed by atoms with Crippen LogP contribution >= 0.6 is 22.9 Å². The number of carbonyl (C=O) groups is 1. The molecule has 2 rings (SSSR count). The van der Waals surface area contributed by atoms with E-state index < -0.39 is 0 Å². The van der Waals surface area contributed by atoms with Crippen LogP contribution in [-0.2, 0) is 6.54 Å². The third-order valence-corrected chi connectivity index (χ3v) is 3.81. The van der Waals surface area contributed by atoms with Gasteiger partial charge < -0.3 is 15.8 Å². The summed E-state index contributed by atoms with van der Waals surface area (Å²) in [5.41, 5.74) is 6.61. The number of para-hydroxylation sites is 1. The predicted octanol–water partition coefficient (Wildman–Crippen LogP) is 2.92. The molecule has 1 aromatic heterocycles. The van der Waals surface area contributed by atoms with E-state index in [1.807, 2.05) is 6.07 Å². The van der Waals surface area contributed by atoms with Crippen LogP contribution in [-0.4, -0.2) is 13.0 Å². The molecule has 1 heterocycles. The maximum atomic E-state index is 12.0. The Labute approximate surface area is 120 Å². The van der Waals surface area contributed by atoms with Gasteiger partial charge in [-0.2, -0.15) is 0 Å². The fourth-order valence-electron chi connectivity index (χ4n) is 1.63. The lowest BCUT2D eigenvalue weighted by Crippen LogP contribution is -2.23. The molecule has 0 aliphatic heterocycles. The summed E-state index contributed by atoms with van der Waals surface area (Å²) in [7, 11) is 1.51. The van der Waals surface area contributed by atoms with Crippen LogP contribution in [0.3, 0.4) is 0 Å². The molecule has 4 nitrogen and oxygen atoms in total. The molecule has 1 aromatic carbocycles. The SMILES string of the molecule is COc1cccc(C(=O)NCc2ccc(Cl)s2)c1N. The van der Waals surface area contributed by atoms with Crippen molar-refractivity contribution >= 4 is 34.5 Å². The number of hydrogen-bond donors (Lipinski definition) is 2. The van der Waals surface area contributed by atoms with Crippen LogP contribution in [0.25, 0.3) is 0 Å². The van der Waals surface area contributed by atoms with Gasteiger partial charge >= 0.3 is 0 Å². The van der Waals surface area contributed by atoms with Crippen LogP contribution in [0.4, 0.5) is 5.69 Å². The zero-order chi connectivity index (χ0) is 13.8. The van der Waals surface area contributed by atoms with Crippen LogP contribution in [0.1, 0.15) is 15.2 Å². The van der Waals surface area contributed by atoms with E-state index in [1.54, 1.807) is 24.3 Å². The minimum atomic E-state index is -0.235. The number of benzene rings is 1. The second-order valence-electron chi connectivity index (χ2n) is 3.81. The van der Waals surface area contributed by atoms with E-state index in [0.717, 1.165) is 4.88 Å². The minimum absolute atomic E-state index is 0.235. The Morgan fingerprint density at radius 1 is 1.42 bits per heavy atom. The summed E-state index contributed by atoms with van der Waals surface area (Å²) in [6.45, 7) is 0.423. The van der Waals surface area contributed by atoms with Crippen LogP contribution in [0.2, 0.25) is 4.34 Å². The number of halogens is 1. The average Bonchev–Trinajstić information content (AvgIpc) is 2.82. The molecular formula is C13H13ClN2O2S. The maximum Gasteiger partial charge on any atom is 0.253 e. The van der Waals surface area contributed by atoms with Gasteiger partial charge in [-0.3, -0.25) is 4.79 Å². The van der Waals surface area contributed by atoms with Gasteiger partial charge in [0.2, 0.25) is 0 Å². The minimum Gasteiger partial charge on any atom is -0.495 e. The molecule has 0 bridgehead atoms. The van der Waals surface area contributed by atoms with Crippen LogP contribution in [0.5, 0.6) is 5.75 Å². The van der Waals surface area contributed by atoms with E-state index in [4.69, 9.17) is 22.1 Å². The topological polar surface area (TPSA) is 64.3 Å². The molecule has 0 unspecified atom stereocenters. The van der Waals surface area contributed by atoms with Gasteiger partial charge in [0.25, 0.3) is 5.91 Å². The highest BCUT2D eigenvalue weighted by molar-refractivity contribution is 7.16. The summed E-state index contributed by atoms with van der Waals surface area (Å²) in [4.78, 5) is 13.0. The third-order valence-electron chi connectivity index (χ3n) is 2.58. The lowest BCUT2D eigenvalue weighted by atomic mass is 10.1. The molecule has 6 heteroatoms. The quantitative estimate of drug-likeness (QED) is 0.853. The van der Waals surface area contributed by atoms with Gasteiger partial charge in [-0.05, 0) is 24.3 Å². The normalized spacial score (nSPS) is 10.2. The number of nitrogens with two attached hydrogens (primary N) is 1. The van der Waals surface area contributed by atoms with Crippen molar-refractivity contribution in [3.8, 4) is 5.75 Å². The van der Waals surface area contributed by atoms with E-state index >= 15 is 0 Å². The number of anilines is 1. The van der Waals surface area contributed by atoms with Crippen molar-refractivity contribution in [3.63, 3.8) is 0 Å². The number of nitrogen functional groups attached to an aromatic ring is 1. The van der Waals surface area contributed by atoms with Gasteiger partial charge in [0.1, 0.15) is 5.75 Å². The molecule has 0 atom stereocenters. The van der Waals surface area contributed by atoms with Crippen molar-refractivity contribution in [2.75, 3.05) is 12.8 Å². The summed E-state index contributed by atoms with van der Waals surface area (Å²) < 4.78 is 5.78. The number of methoxy groups -OCH3 is 1. The summed E-state index contributed by atoms with van der Waals surface area (Å²) in [5, 5.41) is 2.80. The number of ether oxygens (including phenoxy) is 1. The lowest BCUT2D eigenvalue weighted by molar-refractivity contribution is 0.0952. The fourth-order valence-corrected chi connectivity index (χ4v) is 2.66. The first-order valence-corrected chi connectivity index (χ1v) is 6.76. The number of amides is 1. The van der Waals surface area contributed by atoms with Gasteiger partial charge in [0.05, 0.1) is 29.2 Å². The number of carbonyl (C=O) groups excluding carboxylic acids is 1. The van der Waals surface area contributed by atoms with Crippen LogP contribution < -0.4 is 15.8 Å². The highest BCUT2D eigenvalue weighted by atomic mass is 35.5. The first-order valence-electron chi connectivity index (χ1n) is 5.56.